The van der Waals surface area contributed by atoms with E-state index in [0.29, 0.717) is 24.0 Å². The molecule has 3 nitrogen and oxygen atoms in total. The third-order valence-corrected chi connectivity index (χ3v) is 6.69. The first kappa shape index (κ1) is 14.9. The Balaban J connectivity index is 1.81. The third kappa shape index (κ3) is 1.96. The topological polar surface area (TPSA) is 57.5 Å². The summed E-state index contributed by atoms with van der Waals surface area (Å²) in [7, 11) is 0. The van der Waals surface area contributed by atoms with E-state index in [9.17, 15) is 15.0 Å². The van der Waals surface area contributed by atoms with Gasteiger partial charge in [-0.15, -0.1) is 0 Å². The summed E-state index contributed by atoms with van der Waals surface area (Å²) in [6.07, 6.45) is 4.38. The number of aliphatic hydroxyl groups excluding tert-OH is 1. The van der Waals surface area contributed by atoms with E-state index < -0.39 is 0 Å². The number of hydrogen-bond acceptors (Lipinski definition) is 3. The van der Waals surface area contributed by atoms with Gasteiger partial charge < -0.3 is 10.2 Å². The van der Waals surface area contributed by atoms with Crippen LogP contribution in [0.1, 0.15) is 55.2 Å². The van der Waals surface area contributed by atoms with Crippen molar-refractivity contribution in [1.29, 1.82) is 0 Å². The summed E-state index contributed by atoms with van der Waals surface area (Å²) < 4.78 is 0. The number of allylic oxidation sites excluding steroid dienone is 1. The number of carbonyl (C=O) groups is 1. The van der Waals surface area contributed by atoms with Crippen molar-refractivity contribution in [3.8, 4) is 5.75 Å². The van der Waals surface area contributed by atoms with Crippen molar-refractivity contribution in [2.24, 2.45) is 17.3 Å². The Bertz CT molecular complexity index is 688. The molecular formula is C20H24O3. The Kier molecular flexibility index (Phi) is 3.21. The molecule has 0 amide bonds. The van der Waals surface area contributed by atoms with Crippen LogP contribution in [0.3, 0.4) is 0 Å². The van der Waals surface area contributed by atoms with Crippen LogP contribution in [0.15, 0.2) is 24.3 Å². The fourth-order valence-corrected chi connectivity index (χ4v) is 5.74. The zero-order valence-electron chi connectivity index (χ0n) is 13.6. The number of aromatic hydroxyl groups is 1. The van der Waals surface area contributed by atoms with Gasteiger partial charge in [-0.3, -0.25) is 4.79 Å². The maximum absolute atomic E-state index is 12.5. The van der Waals surface area contributed by atoms with E-state index in [1.54, 1.807) is 6.07 Å². The van der Waals surface area contributed by atoms with Crippen molar-refractivity contribution in [3.05, 3.63) is 41.0 Å². The smallest absolute Gasteiger partial charge is 0.143 e. The highest BCUT2D eigenvalue weighted by Crippen LogP contribution is 2.61. The second kappa shape index (κ2) is 4.94. The van der Waals surface area contributed by atoms with E-state index in [1.807, 2.05) is 6.07 Å². The SMILES string of the molecule is C=C1CC(=O)[C@@]2(C)CC[C@@H]3c4c(CO)cc(O)cc4CC[C@H]3[C@H]12. The number of benzene rings is 1. The molecule has 0 unspecified atom stereocenters. The number of phenols is 1. The highest BCUT2D eigenvalue weighted by molar-refractivity contribution is 5.91. The lowest BCUT2D eigenvalue weighted by Gasteiger charge is -2.49. The molecule has 0 radical (unpaired) electrons. The molecule has 3 aliphatic carbocycles. The minimum Gasteiger partial charge on any atom is -0.508 e. The van der Waals surface area contributed by atoms with E-state index >= 15 is 0 Å². The molecule has 4 rings (SSSR count). The molecule has 3 aliphatic rings. The van der Waals surface area contributed by atoms with Crippen molar-refractivity contribution >= 4 is 5.78 Å². The number of carbonyl (C=O) groups excluding carboxylic acids is 1. The molecule has 0 heterocycles. The van der Waals surface area contributed by atoms with Gasteiger partial charge >= 0.3 is 0 Å². The van der Waals surface area contributed by atoms with Crippen molar-refractivity contribution in [1.82, 2.24) is 0 Å². The molecule has 4 atom stereocenters. The number of aliphatic hydroxyl groups is 1. The fraction of sp³-hybridized carbons (Fsp3) is 0.550. The molecule has 0 bridgehead atoms. The van der Waals surface area contributed by atoms with E-state index in [1.165, 1.54) is 11.1 Å². The van der Waals surface area contributed by atoms with Crippen molar-refractivity contribution in [3.63, 3.8) is 0 Å². The Morgan fingerprint density at radius 2 is 2.13 bits per heavy atom. The normalized spacial score (nSPS) is 35.7. The summed E-state index contributed by atoms with van der Waals surface area (Å²) in [6.45, 7) is 6.32. The lowest BCUT2D eigenvalue weighted by molar-refractivity contribution is -0.129. The standard InChI is InChI=1S/C20H24O3/c1-11-7-17(23)20(2)6-5-15-16(19(11)20)4-3-12-8-14(22)9-13(10-21)18(12)15/h8-9,15-16,19,21-22H,1,3-7,10H2,2H3/t15-,16+,19-,20+/m0/s1. The first-order valence-corrected chi connectivity index (χ1v) is 8.62. The number of fused-ring (bicyclic) bond motifs is 5. The van der Waals surface area contributed by atoms with Gasteiger partial charge in [-0.2, -0.15) is 0 Å². The Labute approximate surface area is 137 Å². The highest BCUT2D eigenvalue weighted by Gasteiger charge is 2.56. The van der Waals surface area contributed by atoms with Gasteiger partial charge in [0.2, 0.25) is 0 Å². The van der Waals surface area contributed by atoms with Crippen LogP contribution in [0.25, 0.3) is 0 Å². The molecule has 0 aliphatic heterocycles. The monoisotopic (exact) mass is 312 g/mol. The first-order valence-electron chi connectivity index (χ1n) is 8.62. The highest BCUT2D eigenvalue weighted by atomic mass is 16.3. The Morgan fingerprint density at radius 3 is 2.87 bits per heavy atom. The number of ketones is 1. The lowest BCUT2D eigenvalue weighted by Crippen LogP contribution is -2.43. The molecule has 1 aromatic rings. The van der Waals surface area contributed by atoms with Crippen LogP contribution >= 0.6 is 0 Å². The van der Waals surface area contributed by atoms with E-state index in [0.717, 1.165) is 36.8 Å². The summed E-state index contributed by atoms with van der Waals surface area (Å²) in [5.74, 6) is 1.71. The summed E-state index contributed by atoms with van der Waals surface area (Å²) in [5, 5.41) is 19.7. The maximum atomic E-state index is 12.5. The second-order valence-electron chi connectivity index (χ2n) is 7.84. The molecule has 1 aromatic carbocycles. The summed E-state index contributed by atoms with van der Waals surface area (Å²) in [5.41, 5.74) is 4.14. The zero-order chi connectivity index (χ0) is 16.4. The van der Waals surface area contributed by atoms with Gasteiger partial charge in [0, 0.05) is 11.8 Å². The quantitative estimate of drug-likeness (QED) is 0.781. The number of aryl methyl sites for hydroxylation is 1. The predicted octanol–water partition coefficient (Wildman–Crippen LogP) is 3.48. The fourth-order valence-electron chi connectivity index (χ4n) is 5.74. The van der Waals surface area contributed by atoms with Gasteiger partial charge in [-0.25, -0.2) is 0 Å². The molecule has 3 heteroatoms. The Hall–Kier alpha value is -1.61. The number of rotatable bonds is 1. The van der Waals surface area contributed by atoms with Gasteiger partial charge in [0.15, 0.2) is 0 Å². The van der Waals surface area contributed by atoms with E-state index in [2.05, 4.69) is 13.5 Å². The van der Waals surface area contributed by atoms with E-state index in [4.69, 9.17) is 0 Å². The number of phenolic OH excluding ortho intramolecular Hbond substituents is 1. The largest absolute Gasteiger partial charge is 0.508 e. The molecule has 122 valence electrons. The van der Waals surface area contributed by atoms with Gasteiger partial charge in [-0.05, 0) is 72.3 Å². The van der Waals surface area contributed by atoms with Crippen LogP contribution in [0.4, 0.5) is 0 Å². The van der Waals surface area contributed by atoms with E-state index in [-0.39, 0.29) is 23.7 Å². The van der Waals surface area contributed by atoms with Gasteiger partial charge in [0.05, 0.1) is 6.61 Å². The van der Waals surface area contributed by atoms with Crippen LogP contribution < -0.4 is 0 Å². The van der Waals surface area contributed by atoms with Crippen LogP contribution in [0.2, 0.25) is 0 Å². The molecule has 2 saturated carbocycles. The molecular weight excluding hydrogens is 288 g/mol. The van der Waals surface area contributed by atoms with Gasteiger partial charge in [0.1, 0.15) is 11.5 Å². The van der Waals surface area contributed by atoms with Crippen molar-refractivity contribution in [2.45, 2.75) is 51.6 Å². The molecule has 23 heavy (non-hydrogen) atoms. The average Bonchev–Trinajstić information content (AvgIpc) is 2.75. The van der Waals surface area contributed by atoms with Crippen LogP contribution in [-0.4, -0.2) is 16.0 Å². The third-order valence-electron chi connectivity index (χ3n) is 6.69. The second-order valence-corrected chi connectivity index (χ2v) is 7.84. The summed E-state index contributed by atoms with van der Waals surface area (Å²) in [4.78, 5) is 12.5. The average molecular weight is 312 g/mol. The minimum absolute atomic E-state index is 0.0399. The first-order chi connectivity index (χ1) is 11.0. The number of hydrogen-bond donors (Lipinski definition) is 2. The summed E-state index contributed by atoms with van der Waals surface area (Å²) >= 11 is 0. The van der Waals surface area contributed by atoms with Gasteiger partial charge in [-0.1, -0.05) is 19.1 Å². The molecule has 2 N–H and O–H groups in total. The predicted molar refractivity (Wildman–Crippen MR) is 88.2 cm³/mol. The van der Waals surface area contributed by atoms with Crippen molar-refractivity contribution < 1.29 is 15.0 Å². The summed E-state index contributed by atoms with van der Waals surface area (Å²) in [6, 6.07) is 3.55. The maximum Gasteiger partial charge on any atom is 0.143 e. The van der Waals surface area contributed by atoms with Crippen LogP contribution in [0.5, 0.6) is 5.75 Å². The number of Topliss-reactive ketones (excluding diaryl/α,β-unsaturated/α-hetero) is 1. The molecule has 2 fully saturated rings. The van der Waals surface area contributed by atoms with Crippen LogP contribution in [-0.2, 0) is 17.8 Å². The molecule has 0 saturated heterocycles. The zero-order valence-corrected chi connectivity index (χ0v) is 13.6. The lowest BCUT2D eigenvalue weighted by atomic mass is 9.54. The molecule has 0 aromatic heterocycles. The Morgan fingerprint density at radius 1 is 1.35 bits per heavy atom. The molecule has 0 spiro atoms. The van der Waals surface area contributed by atoms with Crippen LogP contribution in [0, 0.1) is 17.3 Å². The minimum atomic E-state index is -0.230. The van der Waals surface area contributed by atoms with Crippen molar-refractivity contribution in [2.75, 3.05) is 0 Å². The van der Waals surface area contributed by atoms with Gasteiger partial charge in [0.25, 0.3) is 0 Å².